The number of ether oxygens (including phenoxy) is 1. The molecule has 0 aliphatic heterocycles. The number of anilines is 2. The fourth-order valence-corrected chi connectivity index (χ4v) is 5.17. The molecule has 2 N–H and O–H groups in total. The minimum absolute atomic E-state index is 0.0653. The van der Waals surface area contributed by atoms with Crippen LogP contribution < -0.4 is 14.8 Å². The topological polar surface area (TPSA) is 97.4 Å². The molecule has 4 aromatic rings. The van der Waals surface area contributed by atoms with Gasteiger partial charge in [-0.3, -0.25) is 14.8 Å². The van der Waals surface area contributed by atoms with Gasteiger partial charge in [0, 0.05) is 16.3 Å². The van der Waals surface area contributed by atoms with Gasteiger partial charge in [-0.25, -0.2) is 13.4 Å². The van der Waals surface area contributed by atoms with Crippen molar-refractivity contribution in [3.8, 4) is 5.75 Å². The lowest BCUT2D eigenvalue weighted by atomic mass is 10.2. The van der Waals surface area contributed by atoms with Gasteiger partial charge in [-0.15, -0.1) is 0 Å². The van der Waals surface area contributed by atoms with Crippen LogP contribution in [0.2, 0.25) is 5.02 Å². The third kappa shape index (κ3) is 4.55. The SMILES string of the molecule is COc1ccc(C)c2sc(NC(=O)c3cccc(NS(=O)(=O)c4ccc(Cl)cc4)c3)nc12. The Hall–Kier alpha value is -3.14. The smallest absolute Gasteiger partial charge is 0.261 e. The van der Waals surface area contributed by atoms with Crippen molar-refractivity contribution >= 4 is 59.9 Å². The summed E-state index contributed by atoms with van der Waals surface area (Å²) in [5.41, 5.74) is 2.24. The first-order valence-electron chi connectivity index (χ1n) is 9.41. The molecule has 4 rings (SSSR count). The van der Waals surface area contributed by atoms with Crippen molar-refractivity contribution < 1.29 is 17.9 Å². The number of hydrogen-bond acceptors (Lipinski definition) is 6. The van der Waals surface area contributed by atoms with Crippen LogP contribution in [0.5, 0.6) is 5.75 Å². The number of nitrogens with one attached hydrogen (secondary N) is 2. The monoisotopic (exact) mass is 487 g/mol. The highest BCUT2D eigenvalue weighted by molar-refractivity contribution is 7.92. The van der Waals surface area contributed by atoms with Crippen molar-refractivity contribution in [3.05, 3.63) is 76.8 Å². The summed E-state index contributed by atoms with van der Waals surface area (Å²) in [6.45, 7) is 1.96. The Morgan fingerprint density at radius 2 is 1.84 bits per heavy atom. The quantitative estimate of drug-likeness (QED) is 0.383. The summed E-state index contributed by atoms with van der Waals surface area (Å²) in [6.07, 6.45) is 0. The number of benzene rings is 3. The van der Waals surface area contributed by atoms with Gasteiger partial charge in [-0.2, -0.15) is 0 Å². The van der Waals surface area contributed by atoms with Crippen molar-refractivity contribution in [1.82, 2.24) is 4.98 Å². The molecule has 0 radical (unpaired) electrons. The molecule has 0 saturated heterocycles. The number of methoxy groups -OCH3 is 1. The number of nitrogens with zero attached hydrogens (tertiary/aromatic N) is 1. The van der Waals surface area contributed by atoms with Crippen LogP contribution in [0.15, 0.2) is 65.6 Å². The van der Waals surface area contributed by atoms with Crippen LogP contribution in [0.1, 0.15) is 15.9 Å². The number of rotatable bonds is 6. The standard InChI is InChI=1S/C22H18ClN3O4S2/c1-13-6-11-18(30-2)19-20(13)31-22(24-19)25-21(27)14-4-3-5-16(12-14)26-32(28,29)17-9-7-15(23)8-10-17/h3-12,26H,1-2H3,(H,24,25,27). The molecule has 0 spiro atoms. The molecule has 0 fully saturated rings. The van der Waals surface area contributed by atoms with Crippen molar-refractivity contribution in [2.45, 2.75) is 11.8 Å². The zero-order chi connectivity index (χ0) is 22.9. The summed E-state index contributed by atoms with van der Waals surface area (Å²) in [6, 6.07) is 15.8. The molecular formula is C22H18ClN3O4S2. The maximum Gasteiger partial charge on any atom is 0.261 e. The van der Waals surface area contributed by atoms with Gasteiger partial charge in [0.2, 0.25) is 0 Å². The Bertz CT molecular complexity index is 1420. The Morgan fingerprint density at radius 1 is 1.09 bits per heavy atom. The largest absolute Gasteiger partial charge is 0.494 e. The van der Waals surface area contributed by atoms with Crippen molar-refractivity contribution in [2.24, 2.45) is 0 Å². The normalized spacial score (nSPS) is 11.3. The van der Waals surface area contributed by atoms with E-state index in [9.17, 15) is 13.2 Å². The minimum atomic E-state index is -3.83. The number of aromatic nitrogens is 1. The van der Waals surface area contributed by atoms with Gasteiger partial charge in [-0.05, 0) is 61.0 Å². The second-order valence-electron chi connectivity index (χ2n) is 6.88. The molecule has 0 aliphatic carbocycles. The van der Waals surface area contributed by atoms with Gasteiger partial charge in [0.05, 0.1) is 16.7 Å². The minimum Gasteiger partial charge on any atom is -0.494 e. The third-order valence-corrected chi connectivity index (χ3v) is 7.40. The highest BCUT2D eigenvalue weighted by atomic mass is 35.5. The molecular weight excluding hydrogens is 470 g/mol. The van der Waals surface area contributed by atoms with E-state index in [0.29, 0.717) is 21.4 Å². The number of hydrogen-bond donors (Lipinski definition) is 2. The van der Waals surface area contributed by atoms with Gasteiger partial charge in [0.1, 0.15) is 11.3 Å². The molecule has 1 amide bonds. The van der Waals surface area contributed by atoms with Gasteiger partial charge in [-0.1, -0.05) is 35.1 Å². The lowest BCUT2D eigenvalue weighted by Crippen LogP contribution is -2.15. The Morgan fingerprint density at radius 3 is 2.56 bits per heavy atom. The van der Waals surface area contributed by atoms with Crippen LogP contribution in [0, 0.1) is 6.92 Å². The molecule has 164 valence electrons. The lowest BCUT2D eigenvalue weighted by molar-refractivity contribution is 0.102. The molecule has 1 aromatic heterocycles. The average Bonchev–Trinajstić information content (AvgIpc) is 3.19. The number of fused-ring (bicyclic) bond motifs is 1. The van der Waals surface area contributed by atoms with Crippen molar-refractivity contribution in [2.75, 3.05) is 17.1 Å². The van der Waals surface area contributed by atoms with Crippen molar-refractivity contribution in [1.29, 1.82) is 0 Å². The molecule has 7 nitrogen and oxygen atoms in total. The second kappa shape index (κ2) is 8.78. The highest BCUT2D eigenvalue weighted by Crippen LogP contribution is 2.35. The first-order chi connectivity index (χ1) is 15.3. The van der Waals surface area contributed by atoms with Crippen LogP contribution in [-0.2, 0) is 10.0 Å². The first-order valence-corrected chi connectivity index (χ1v) is 12.1. The first kappa shape index (κ1) is 22.1. The van der Waals surface area contributed by atoms with E-state index in [-0.39, 0.29) is 16.1 Å². The summed E-state index contributed by atoms with van der Waals surface area (Å²) in [5.74, 6) is 0.217. The molecule has 32 heavy (non-hydrogen) atoms. The molecule has 3 aromatic carbocycles. The fourth-order valence-electron chi connectivity index (χ4n) is 3.05. The summed E-state index contributed by atoms with van der Waals surface area (Å²) in [5, 5.41) is 3.63. The van der Waals surface area contributed by atoms with E-state index in [1.165, 1.54) is 41.7 Å². The summed E-state index contributed by atoms with van der Waals surface area (Å²) < 4.78 is 34.0. The van der Waals surface area contributed by atoms with Gasteiger partial charge < -0.3 is 4.74 Å². The molecule has 0 atom stereocenters. The number of halogens is 1. The number of carbonyl (C=O) groups is 1. The summed E-state index contributed by atoms with van der Waals surface area (Å²) >= 11 is 7.17. The number of sulfonamides is 1. The van der Waals surface area contributed by atoms with Crippen LogP contribution in [0.25, 0.3) is 10.2 Å². The molecule has 0 bridgehead atoms. The van der Waals surface area contributed by atoms with Gasteiger partial charge in [0.25, 0.3) is 15.9 Å². The van der Waals surface area contributed by atoms with Crippen LogP contribution >= 0.6 is 22.9 Å². The van der Waals surface area contributed by atoms with E-state index < -0.39 is 15.9 Å². The van der Waals surface area contributed by atoms with Crippen LogP contribution in [-0.4, -0.2) is 26.4 Å². The fraction of sp³-hybridized carbons (Fsp3) is 0.0909. The second-order valence-corrected chi connectivity index (χ2v) is 9.99. The molecule has 0 saturated carbocycles. The van der Waals surface area contributed by atoms with Crippen LogP contribution in [0.4, 0.5) is 10.8 Å². The third-order valence-electron chi connectivity index (χ3n) is 4.64. The highest BCUT2D eigenvalue weighted by Gasteiger charge is 2.17. The van der Waals surface area contributed by atoms with E-state index in [1.54, 1.807) is 25.3 Å². The number of aryl methyl sites for hydroxylation is 1. The summed E-state index contributed by atoms with van der Waals surface area (Å²) in [7, 11) is -2.26. The zero-order valence-corrected chi connectivity index (χ0v) is 19.4. The number of carbonyl (C=O) groups excluding carboxylic acids is 1. The van der Waals surface area contributed by atoms with Gasteiger partial charge in [0.15, 0.2) is 5.13 Å². The van der Waals surface area contributed by atoms with E-state index in [4.69, 9.17) is 16.3 Å². The Kier molecular flexibility index (Phi) is 6.05. The predicted molar refractivity (Wildman–Crippen MR) is 128 cm³/mol. The molecule has 0 unspecified atom stereocenters. The van der Waals surface area contributed by atoms with Gasteiger partial charge >= 0.3 is 0 Å². The molecule has 0 aliphatic rings. The number of amides is 1. The maximum atomic E-state index is 12.8. The Balaban J connectivity index is 1.56. The van der Waals surface area contributed by atoms with E-state index >= 15 is 0 Å². The van der Waals surface area contributed by atoms with E-state index in [0.717, 1.165) is 10.3 Å². The summed E-state index contributed by atoms with van der Waals surface area (Å²) in [4.78, 5) is 17.3. The van der Waals surface area contributed by atoms with Crippen molar-refractivity contribution in [3.63, 3.8) is 0 Å². The van der Waals surface area contributed by atoms with E-state index in [1.807, 2.05) is 19.1 Å². The Labute approximate surface area is 194 Å². The lowest BCUT2D eigenvalue weighted by Gasteiger charge is -2.09. The van der Waals surface area contributed by atoms with E-state index in [2.05, 4.69) is 15.0 Å². The average molecular weight is 488 g/mol. The maximum absolute atomic E-state index is 12.8. The zero-order valence-electron chi connectivity index (χ0n) is 17.0. The number of thiazole rings is 1. The predicted octanol–water partition coefficient (Wildman–Crippen LogP) is 5.32. The molecule has 1 heterocycles. The molecule has 10 heteroatoms. The van der Waals surface area contributed by atoms with Crippen LogP contribution in [0.3, 0.4) is 0 Å².